The van der Waals surface area contributed by atoms with Gasteiger partial charge in [-0.2, -0.15) is 8.78 Å². The van der Waals surface area contributed by atoms with Crippen molar-refractivity contribution in [2.75, 3.05) is 6.86 Å². The van der Waals surface area contributed by atoms with Crippen LogP contribution in [0.1, 0.15) is 24.5 Å². The van der Waals surface area contributed by atoms with Crippen molar-refractivity contribution in [3.8, 4) is 33.8 Å². The summed E-state index contributed by atoms with van der Waals surface area (Å²) in [6.45, 7) is 0.364. The van der Waals surface area contributed by atoms with Crippen LogP contribution >= 0.6 is 0 Å². The third kappa shape index (κ3) is 5.88. The Morgan fingerprint density at radius 1 is 0.650 bits per heavy atom. The van der Waals surface area contributed by atoms with E-state index in [2.05, 4.69) is 9.47 Å². The molecule has 0 amide bonds. The summed E-state index contributed by atoms with van der Waals surface area (Å²) in [4.78, 5) is 0. The highest BCUT2D eigenvalue weighted by atomic mass is 19.3. The lowest BCUT2D eigenvalue weighted by atomic mass is 9.99. The van der Waals surface area contributed by atoms with E-state index >= 15 is 0 Å². The minimum absolute atomic E-state index is 0.205. The maximum absolute atomic E-state index is 14.9. The molecule has 0 bridgehead atoms. The Hall–Kier alpha value is -4.15. The standard InChI is InChI=1S/C29H19F9O2/c1-2-3-15-4-6-19(21(31)8-15)16-9-23(33)27(24(34)10-16)29(37,38)40-18-5-7-20(22(32)13-18)17-11-25(35)28(39-14-30)26(36)12-17/h4-13H,2-3,14H2,1H3. The molecule has 0 aromatic heterocycles. The van der Waals surface area contributed by atoms with E-state index in [-0.39, 0.29) is 16.7 Å². The molecule has 4 aromatic rings. The van der Waals surface area contributed by atoms with E-state index in [4.69, 9.17) is 0 Å². The Morgan fingerprint density at radius 3 is 1.68 bits per heavy atom. The van der Waals surface area contributed by atoms with Gasteiger partial charge >= 0.3 is 6.11 Å². The maximum atomic E-state index is 14.9. The molecule has 0 aliphatic heterocycles. The summed E-state index contributed by atoms with van der Waals surface area (Å²) in [5.74, 6) is -10.1. The van der Waals surface area contributed by atoms with Crippen molar-refractivity contribution in [2.24, 2.45) is 0 Å². The predicted octanol–water partition coefficient (Wildman–Crippen LogP) is 9.24. The molecule has 0 heterocycles. The third-order valence-electron chi connectivity index (χ3n) is 5.91. The van der Waals surface area contributed by atoms with Crippen LogP contribution in [-0.2, 0) is 12.5 Å². The zero-order valence-corrected chi connectivity index (χ0v) is 20.6. The Bertz CT molecular complexity index is 1510. The van der Waals surface area contributed by atoms with Crippen LogP contribution in [0.3, 0.4) is 0 Å². The van der Waals surface area contributed by atoms with Crippen molar-refractivity contribution in [3.05, 3.63) is 107 Å². The van der Waals surface area contributed by atoms with Gasteiger partial charge in [0.2, 0.25) is 6.86 Å². The molecule has 11 heteroatoms. The van der Waals surface area contributed by atoms with Gasteiger partial charge in [0.25, 0.3) is 0 Å². The van der Waals surface area contributed by atoms with Gasteiger partial charge in [0.15, 0.2) is 17.4 Å². The van der Waals surface area contributed by atoms with E-state index in [1.165, 1.54) is 12.1 Å². The van der Waals surface area contributed by atoms with Crippen molar-refractivity contribution in [3.63, 3.8) is 0 Å². The number of alkyl halides is 3. The van der Waals surface area contributed by atoms with Crippen LogP contribution in [0.4, 0.5) is 39.5 Å². The van der Waals surface area contributed by atoms with Gasteiger partial charge in [-0.15, -0.1) is 0 Å². The number of ether oxygens (including phenoxy) is 2. The molecule has 0 fully saturated rings. The van der Waals surface area contributed by atoms with Crippen molar-refractivity contribution in [2.45, 2.75) is 25.9 Å². The Kier molecular flexibility index (Phi) is 8.32. The van der Waals surface area contributed by atoms with Crippen molar-refractivity contribution in [1.82, 2.24) is 0 Å². The molecule has 0 unspecified atom stereocenters. The summed E-state index contributed by atoms with van der Waals surface area (Å²) >= 11 is 0. The molecule has 0 spiro atoms. The first-order valence-corrected chi connectivity index (χ1v) is 11.8. The quantitative estimate of drug-likeness (QED) is 0.187. The smallest absolute Gasteiger partial charge is 0.432 e. The molecule has 0 radical (unpaired) electrons. The minimum atomic E-state index is -4.65. The topological polar surface area (TPSA) is 18.5 Å². The molecule has 4 aromatic carbocycles. The maximum Gasteiger partial charge on any atom is 0.432 e. The normalized spacial score (nSPS) is 11.6. The molecular weight excluding hydrogens is 551 g/mol. The number of halogens is 9. The Labute approximate surface area is 222 Å². The van der Waals surface area contributed by atoms with Gasteiger partial charge in [0.1, 0.15) is 34.6 Å². The van der Waals surface area contributed by atoms with Crippen LogP contribution in [0.2, 0.25) is 0 Å². The summed E-state index contributed by atoms with van der Waals surface area (Å²) < 4.78 is 137. The highest BCUT2D eigenvalue weighted by Gasteiger charge is 2.41. The summed E-state index contributed by atoms with van der Waals surface area (Å²) in [5.41, 5.74) is -2.50. The highest BCUT2D eigenvalue weighted by Crippen LogP contribution is 2.39. The van der Waals surface area contributed by atoms with Crippen LogP contribution in [0.15, 0.2) is 60.7 Å². The molecule has 210 valence electrons. The van der Waals surface area contributed by atoms with Crippen LogP contribution < -0.4 is 9.47 Å². The van der Waals surface area contributed by atoms with Crippen molar-refractivity contribution < 1.29 is 49.0 Å². The van der Waals surface area contributed by atoms with Gasteiger partial charge in [-0.25, -0.2) is 30.7 Å². The van der Waals surface area contributed by atoms with E-state index in [1.807, 2.05) is 6.92 Å². The van der Waals surface area contributed by atoms with Crippen molar-refractivity contribution >= 4 is 0 Å². The summed E-state index contributed by atoms with van der Waals surface area (Å²) in [5, 5.41) is 0. The number of aryl methyl sites for hydroxylation is 1. The first-order chi connectivity index (χ1) is 18.9. The molecule has 40 heavy (non-hydrogen) atoms. The molecule has 0 saturated carbocycles. The van der Waals surface area contributed by atoms with Crippen LogP contribution in [0.5, 0.6) is 11.5 Å². The molecular formula is C29H19F9O2. The predicted molar refractivity (Wildman–Crippen MR) is 129 cm³/mol. The molecule has 0 aliphatic carbocycles. The number of hydrogen-bond acceptors (Lipinski definition) is 2. The number of benzene rings is 4. The minimum Gasteiger partial charge on any atom is -0.457 e. The van der Waals surface area contributed by atoms with Gasteiger partial charge < -0.3 is 9.47 Å². The number of hydrogen-bond donors (Lipinski definition) is 0. The first kappa shape index (κ1) is 28.8. The lowest BCUT2D eigenvalue weighted by molar-refractivity contribution is -0.189. The molecule has 0 N–H and O–H groups in total. The zero-order chi connectivity index (χ0) is 29.2. The monoisotopic (exact) mass is 570 g/mol. The SMILES string of the molecule is CCCc1ccc(-c2cc(F)c(C(F)(F)Oc3ccc(-c4cc(F)c(OCF)c(F)c4)c(F)c3)c(F)c2)c(F)c1. The van der Waals surface area contributed by atoms with Gasteiger partial charge in [0.05, 0.1) is 0 Å². The lowest BCUT2D eigenvalue weighted by Crippen LogP contribution is -2.25. The molecule has 0 saturated heterocycles. The summed E-state index contributed by atoms with van der Waals surface area (Å²) in [6.07, 6.45) is -3.34. The van der Waals surface area contributed by atoms with Crippen LogP contribution in [0.25, 0.3) is 22.3 Å². The second kappa shape index (κ2) is 11.5. The Morgan fingerprint density at radius 2 is 1.18 bits per heavy atom. The van der Waals surface area contributed by atoms with E-state index in [9.17, 15) is 39.5 Å². The van der Waals surface area contributed by atoms with E-state index in [0.29, 0.717) is 42.3 Å². The summed E-state index contributed by atoms with van der Waals surface area (Å²) in [6, 6.07) is 8.38. The Balaban J connectivity index is 1.61. The molecule has 2 nitrogen and oxygen atoms in total. The second-order valence-electron chi connectivity index (χ2n) is 8.66. The summed E-state index contributed by atoms with van der Waals surface area (Å²) in [7, 11) is 0. The van der Waals surface area contributed by atoms with E-state index in [0.717, 1.165) is 18.6 Å². The molecule has 0 aliphatic rings. The fraction of sp³-hybridized carbons (Fsp3) is 0.172. The average Bonchev–Trinajstić information content (AvgIpc) is 2.85. The van der Waals surface area contributed by atoms with E-state index in [1.54, 1.807) is 6.07 Å². The van der Waals surface area contributed by atoms with Gasteiger partial charge in [-0.1, -0.05) is 25.5 Å². The van der Waals surface area contributed by atoms with Crippen LogP contribution in [0, 0.1) is 34.9 Å². The third-order valence-corrected chi connectivity index (χ3v) is 5.91. The van der Waals surface area contributed by atoms with Crippen molar-refractivity contribution in [1.29, 1.82) is 0 Å². The first-order valence-electron chi connectivity index (χ1n) is 11.8. The van der Waals surface area contributed by atoms with Gasteiger partial charge in [-0.3, -0.25) is 0 Å². The average molecular weight is 570 g/mol. The number of rotatable bonds is 9. The molecule has 4 rings (SSSR count). The van der Waals surface area contributed by atoms with E-state index < -0.39 is 70.5 Å². The lowest BCUT2D eigenvalue weighted by Gasteiger charge is -2.20. The van der Waals surface area contributed by atoms with Gasteiger partial charge in [-0.05, 0) is 65.6 Å². The zero-order valence-electron chi connectivity index (χ0n) is 20.6. The largest absolute Gasteiger partial charge is 0.457 e. The van der Waals surface area contributed by atoms with Gasteiger partial charge in [0, 0.05) is 17.2 Å². The fourth-order valence-corrected chi connectivity index (χ4v) is 4.14. The van der Waals surface area contributed by atoms with Crippen LogP contribution in [-0.4, -0.2) is 6.86 Å². The highest BCUT2D eigenvalue weighted by molar-refractivity contribution is 5.67. The fourth-order valence-electron chi connectivity index (χ4n) is 4.14. The second-order valence-corrected chi connectivity index (χ2v) is 8.66. The molecule has 0 atom stereocenters.